The second-order valence-electron chi connectivity index (χ2n) is 2.34. The molecule has 0 aromatic carbocycles. The van der Waals surface area contributed by atoms with Gasteiger partial charge in [-0.3, -0.25) is 4.79 Å². The number of hydrogen-bond donors (Lipinski definition) is 1. The molecule has 2 N–H and O–H groups in total. The Labute approximate surface area is 71.7 Å². The molecule has 0 aromatic heterocycles. The molecule has 0 bridgehead atoms. The molecule has 0 radical (unpaired) electrons. The standard InChI is InChI=1S/C7H15NO2S/c1-10-7(9)3-6(4-8)5-11-2/h6H,3-5,8H2,1-2H3. The predicted octanol–water partition coefficient (Wildman–Crippen LogP) is 0.487. The molecule has 0 fully saturated rings. The Bertz CT molecular complexity index is 119. The van der Waals surface area contributed by atoms with E-state index in [2.05, 4.69) is 4.74 Å². The van der Waals surface area contributed by atoms with E-state index in [0.717, 1.165) is 5.75 Å². The van der Waals surface area contributed by atoms with E-state index in [-0.39, 0.29) is 11.9 Å². The monoisotopic (exact) mass is 177 g/mol. The lowest BCUT2D eigenvalue weighted by Gasteiger charge is -2.10. The van der Waals surface area contributed by atoms with Crippen LogP contribution in [0, 0.1) is 5.92 Å². The highest BCUT2D eigenvalue weighted by atomic mass is 32.2. The first-order valence-electron chi connectivity index (χ1n) is 3.50. The van der Waals surface area contributed by atoms with Crippen molar-refractivity contribution in [3.05, 3.63) is 0 Å². The Hall–Kier alpha value is -0.220. The van der Waals surface area contributed by atoms with Gasteiger partial charge >= 0.3 is 5.97 Å². The maximum Gasteiger partial charge on any atom is 0.305 e. The van der Waals surface area contributed by atoms with E-state index in [0.29, 0.717) is 13.0 Å². The van der Waals surface area contributed by atoms with Crippen molar-refractivity contribution in [3.63, 3.8) is 0 Å². The molecule has 66 valence electrons. The van der Waals surface area contributed by atoms with E-state index in [1.165, 1.54) is 7.11 Å². The molecule has 0 rings (SSSR count). The van der Waals surface area contributed by atoms with Crippen LogP contribution in [-0.4, -0.2) is 31.6 Å². The van der Waals surface area contributed by atoms with Crippen LogP contribution in [0.2, 0.25) is 0 Å². The van der Waals surface area contributed by atoms with Crippen LogP contribution in [0.25, 0.3) is 0 Å². The number of thioether (sulfide) groups is 1. The van der Waals surface area contributed by atoms with Crippen LogP contribution < -0.4 is 5.73 Å². The van der Waals surface area contributed by atoms with E-state index < -0.39 is 0 Å². The minimum absolute atomic E-state index is 0.172. The van der Waals surface area contributed by atoms with Gasteiger partial charge in [0.15, 0.2) is 0 Å². The summed E-state index contributed by atoms with van der Waals surface area (Å²) in [6.07, 6.45) is 2.44. The Balaban J connectivity index is 3.58. The Morgan fingerprint density at radius 3 is 2.73 bits per heavy atom. The number of rotatable bonds is 5. The molecule has 0 aliphatic carbocycles. The lowest BCUT2D eigenvalue weighted by molar-refractivity contribution is -0.141. The van der Waals surface area contributed by atoms with Crippen molar-refractivity contribution >= 4 is 17.7 Å². The maximum absolute atomic E-state index is 10.8. The summed E-state index contributed by atoms with van der Waals surface area (Å²) in [4.78, 5) is 10.8. The molecular weight excluding hydrogens is 162 g/mol. The van der Waals surface area contributed by atoms with Gasteiger partial charge in [0, 0.05) is 0 Å². The molecule has 0 saturated heterocycles. The fourth-order valence-corrected chi connectivity index (χ4v) is 1.49. The van der Waals surface area contributed by atoms with Crippen molar-refractivity contribution < 1.29 is 9.53 Å². The zero-order chi connectivity index (χ0) is 8.69. The van der Waals surface area contributed by atoms with Crippen LogP contribution >= 0.6 is 11.8 Å². The summed E-state index contributed by atoms with van der Waals surface area (Å²) >= 11 is 1.70. The quantitative estimate of drug-likeness (QED) is 0.621. The van der Waals surface area contributed by atoms with Crippen molar-refractivity contribution in [1.29, 1.82) is 0 Å². The van der Waals surface area contributed by atoms with Gasteiger partial charge in [-0.1, -0.05) is 0 Å². The van der Waals surface area contributed by atoms with Crippen LogP contribution in [0.1, 0.15) is 6.42 Å². The molecule has 0 heterocycles. The van der Waals surface area contributed by atoms with Crippen LogP contribution in [-0.2, 0) is 9.53 Å². The summed E-state index contributed by atoms with van der Waals surface area (Å²) in [6, 6.07) is 0. The normalized spacial score (nSPS) is 12.6. The molecule has 0 amide bonds. The number of hydrogen-bond acceptors (Lipinski definition) is 4. The number of nitrogens with two attached hydrogens (primary N) is 1. The molecule has 11 heavy (non-hydrogen) atoms. The highest BCUT2D eigenvalue weighted by molar-refractivity contribution is 7.98. The molecule has 0 aromatic rings. The molecular formula is C7H15NO2S. The fraction of sp³-hybridized carbons (Fsp3) is 0.857. The van der Waals surface area contributed by atoms with Crippen LogP contribution in [0.5, 0.6) is 0 Å². The molecule has 0 saturated carbocycles. The molecule has 0 aliphatic rings. The average molecular weight is 177 g/mol. The van der Waals surface area contributed by atoms with E-state index >= 15 is 0 Å². The van der Waals surface area contributed by atoms with E-state index in [9.17, 15) is 4.79 Å². The van der Waals surface area contributed by atoms with Gasteiger partial charge in [-0.25, -0.2) is 0 Å². The number of ether oxygens (including phenoxy) is 1. The van der Waals surface area contributed by atoms with Crippen LogP contribution in [0.3, 0.4) is 0 Å². The summed E-state index contributed by atoms with van der Waals surface area (Å²) in [6.45, 7) is 0.552. The Morgan fingerprint density at radius 2 is 2.36 bits per heavy atom. The SMILES string of the molecule is COC(=O)CC(CN)CSC. The van der Waals surface area contributed by atoms with Crippen molar-refractivity contribution in [3.8, 4) is 0 Å². The van der Waals surface area contributed by atoms with Crippen LogP contribution in [0.4, 0.5) is 0 Å². The fourth-order valence-electron chi connectivity index (χ4n) is 0.765. The summed E-state index contributed by atoms with van der Waals surface area (Å²) in [5, 5.41) is 0. The number of carbonyl (C=O) groups is 1. The Morgan fingerprint density at radius 1 is 1.73 bits per heavy atom. The van der Waals surface area contributed by atoms with E-state index in [1.54, 1.807) is 11.8 Å². The van der Waals surface area contributed by atoms with Crippen LogP contribution in [0.15, 0.2) is 0 Å². The molecule has 1 atom stereocenters. The van der Waals surface area contributed by atoms with Crippen molar-refractivity contribution in [2.24, 2.45) is 11.7 Å². The predicted molar refractivity (Wildman–Crippen MR) is 47.6 cm³/mol. The third-order valence-electron chi connectivity index (χ3n) is 1.42. The molecule has 3 nitrogen and oxygen atoms in total. The van der Waals surface area contributed by atoms with Gasteiger partial charge in [0.1, 0.15) is 0 Å². The minimum Gasteiger partial charge on any atom is -0.469 e. The van der Waals surface area contributed by atoms with Gasteiger partial charge in [0.05, 0.1) is 13.5 Å². The number of methoxy groups -OCH3 is 1. The first-order chi connectivity index (χ1) is 5.24. The highest BCUT2D eigenvalue weighted by Crippen LogP contribution is 2.08. The molecule has 4 heteroatoms. The van der Waals surface area contributed by atoms with Gasteiger partial charge in [-0.2, -0.15) is 11.8 Å². The first-order valence-corrected chi connectivity index (χ1v) is 4.89. The molecule has 1 unspecified atom stereocenters. The summed E-state index contributed by atoms with van der Waals surface area (Å²) < 4.78 is 4.53. The largest absolute Gasteiger partial charge is 0.469 e. The van der Waals surface area contributed by atoms with Gasteiger partial charge in [-0.05, 0) is 24.5 Å². The lowest BCUT2D eigenvalue weighted by Crippen LogP contribution is -2.20. The first kappa shape index (κ1) is 10.8. The number of carbonyl (C=O) groups excluding carboxylic acids is 1. The summed E-state index contributed by atoms with van der Waals surface area (Å²) in [5.41, 5.74) is 5.44. The third-order valence-corrected chi connectivity index (χ3v) is 2.22. The third kappa shape index (κ3) is 5.09. The van der Waals surface area contributed by atoms with Crippen molar-refractivity contribution in [2.45, 2.75) is 6.42 Å². The van der Waals surface area contributed by atoms with Gasteiger partial charge in [-0.15, -0.1) is 0 Å². The van der Waals surface area contributed by atoms with Crippen molar-refractivity contribution in [2.75, 3.05) is 25.7 Å². The number of esters is 1. The van der Waals surface area contributed by atoms with Gasteiger partial charge in [0.2, 0.25) is 0 Å². The summed E-state index contributed by atoms with van der Waals surface area (Å²) in [7, 11) is 1.40. The van der Waals surface area contributed by atoms with E-state index in [4.69, 9.17) is 5.73 Å². The van der Waals surface area contributed by atoms with Crippen molar-refractivity contribution in [1.82, 2.24) is 0 Å². The average Bonchev–Trinajstić information content (AvgIpc) is 2.03. The smallest absolute Gasteiger partial charge is 0.305 e. The Kier molecular flexibility index (Phi) is 6.36. The van der Waals surface area contributed by atoms with Gasteiger partial charge < -0.3 is 10.5 Å². The zero-order valence-electron chi connectivity index (χ0n) is 7.00. The zero-order valence-corrected chi connectivity index (χ0v) is 7.82. The lowest BCUT2D eigenvalue weighted by atomic mass is 10.1. The highest BCUT2D eigenvalue weighted by Gasteiger charge is 2.11. The minimum atomic E-state index is -0.172. The summed E-state index contributed by atoms with van der Waals surface area (Å²) in [5.74, 6) is 1.01. The molecule has 0 spiro atoms. The topological polar surface area (TPSA) is 52.3 Å². The molecule has 0 aliphatic heterocycles. The van der Waals surface area contributed by atoms with E-state index in [1.807, 2.05) is 6.26 Å². The second kappa shape index (κ2) is 6.49. The second-order valence-corrected chi connectivity index (χ2v) is 3.25. The van der Waals surface area contributed by atoms with Gasteiger partial charge in [0.25, 0.3) is 0 Å². The maximum atomic E-state index is 10.8.